The van der Waals surface area contributed by atoms with Crippen LogP contribution in [0.5, 0.6) is 0 Å². The third kappa shape index (κ3) is 3.51. The van der Waals surface area contributed by atoms with E-state index < -0.39 is 5.97 Å². The summed E-state index contributed by atoms with van der Waals surface area (Å²) < 4.78 is 5.05. The molecule has 3 rings (SSSR count). The monoisotopic (exact) mass is 301 g/mol. The van der Waals surface area contributed by atoms with E-state index in [1.807, 2.05) is 10.3 Å². The zero-order valence-electron chi connectivity index (χ0n) is 12.0. The molecule has 1 aromatic rings. The first-order valence-electron chi connectivity index (χ1n) is 6.81. The van der Waals surface area contributed by atoms with Crippen molar-refractivity contribution in [1.29, 1.82) is 0 Å². The zero-order valence-corrected chi connectivity index (χ0v) is 12.9. The molecule has 1 amide bonds. The van der Waals surface area contributed by atoms with Crippen LogP contribution in [-0.2, 0) is 9.53 Å². The number of thiophene rings is 1. The topological polar surface area (TPSA) is 69.7 Å². The van der Waals surface area contributed by atoms with E-state index in [1.165, 1.54) is 11.3 Å². The van der Waals surface area contributed by atoms with E-state index in [2.05, 4.69) is 0 Å². The smallest absolute Gasteiger partial charge is 0.544 e. The number of hydrogen-bond donors (Lipinski definition) is 0. The third-order valence-electron chi connectivity index (χ3n) is 4.09. The predicted molar refractivity (Wildman–Crippen MR) is 71.5 cm³/mol. The van der Waals surface area contributed by atoms with Crippen molar-refractivity contribution in [3.63, 3.8) is 0 Å². The average molecular weight is 301 g/mol. The molecule has 0 N–H and O–H groups in total. The molecule has 2 aliphatic rings. The summed E-state index contributed by atoms with van der Waals surface area (Å²) in [6.45, 7) is 2.60. The molecular weight excluding hydrogens is 285 g/mol. The molecule has 0 atom stereocenters. The van der Waals surface area contributed by atoms with Gasteiger partial charge in [0.15, 0.2) is 0 Å². The molecule has 0 bridgehead atoms. The van der Waals surface area contributed by atoms with E-state index in [1.54, 1.807) is 6.07 Å². The molecule has 2 aliphatic heterocycles. The van der Waals surface area contributed by atoms with Crippen molar-refractivity contribution in [3.8, 4) is 0 Å². The number of hydrogen-bond acceptors (Lipinski definition) is 5. The zero-order chi connectivity index (χ0) is 14.1. The summed E-state index contributed by atoms with van der Waals surface area (Å²) in [6.07, 6.45) is 1.78. The Bertz CT molecular complexity index is 521. The number of aromatic carboxylic acids is 1. The standard InChI is InChI=1S/C14H17NO4S.Li/c16-13(11-6-19-7-11)15-3-1-9(2-4-15)10-5-12(14(17)18)20-8-10;/h5,8-9,11H,1-4,6-7H2,(H,17,18);/q;+1/p-1. The Morgan fingerprint density at radius 3 is 2.43 bits per heavy atom. The maximum atomic E-state index is 12.1. The number of carboxylic acid groups (broad SMARTS) is 1. The van der Waals surface area contributed by atoms with Gasteiger partial charge in [-0.15, -0.1) is 11.3 Å². The number of carbonyl (C=O) groups is 2. The first kappa shape index (κ1) is 16.6. The maximum Gasteiger partial charge on any atom is 1.00 e. The summed E-state index contributed by atoms with van der Waals surface area (Å²) in [4.78, 5) is 25.1. The molecule has 108 valence electrons. The minimum Gasteiger partial charge on any atom is -0.544 e. The van der Waals surface area contributed by atoms with Crippen molar-refractivity contribution in [2.45, 2.75) is 18.8 Å². The van der Waals surface area contributed by atoms with Crippen LogP contribution < -0.4 is 24.0 Å². The summed E-state index contributed by atoms with van der Waals surface area (Å²) in [6, 6.07) is 1.71. The summed E-state index contributed by atoms with van der Waals surface area (Å²) in [5.74, 6) is -0.507. The number of ether oxygens (including phenoxy) is 1. The minimum atomic E-state index is -1.11. The Balaban J connectivity index is 0.00000161. The van der Waals surface area contributed by atoms with Crippen molar-refractivity contribution in [2.24, 2.45) is 5.92 Å². The molecule has 5 nitrogen and oxygen atoms in total. The van der Waals surface area contributed by atoms with Crippen molar-refractivity contribution < 1.29 is 38.3 Å². The Labute approximate surface area is 139 Å². The van der Waals surface area contributed by atoms with E-state index >= 15 is 0 Å². The second-order valence-corrected chi connectivity index (χ2v) is 6.28. The minimum absolute atomic E-state index is 0. The number of carboxylic acids is 1. The first-order chi connectivity index (χ1) is 9.65. The van der Waals surface area contributed by atoms with Gasteiger partial charge < -0.3 is 19.5 Å². The fourth-order valence-electron chi connectivity index (χ4n) is 2.74. The van der Waals surface area contributed by atoms with Crippen molar-refractivity contribution in [3.05, 3.63) is 21.9 Å². The molecule has 21 heavy (non-hydrogen) atoms. The average Bonchev–Trinajstić information content (AvgIpc) is 2.86. The van der Waals surface area contributed by atoms with E-state index in [0.29, 0.717) is 19.1 Å². The van der Waals surface area contributed by atoms with E-state index in [9.17, 15) is 14.7 Å². The van der Waals surface area contributed by atoms with Gasteiger partial charge >= 0.3 is 18.9 Å². The van der Waals surface area contributed by atoms with Gasteiger partial charge in [-0.05, 0) is 35.8 Å². The van der Waals surface area contributed by atoms with Crippen LogP contribution in [0.4, 0.5) is 0 Å². The molecule has 0 saturated carbocycles. The number of amides is 1. The fourth-order valence-corrected chi connectivity index (χ4v) is 3.57. The van der Waals surface area contributed by atoms with Crippen molar-refractivity contribution in [1.82, 2.24) is 4.90 Å². The van der Waals surface area contributed by atoms with Crippen molar-refractivity contribution in [2.75, 3.05) is 26.3 Å². The summed E-state index contributed by atoms with van der Waals surface area (Å²) in [7, 11) is 0. The van der Waals surface area contributed by atoms with Crippen LogP contribution >= 0.6 is 11.3 Å². The second-order valence-electron chi connectivity index (χ2n) is 5.37. The number of piperidine rings is 1. The van der Waals surface area contributed by atoms with Crippen LogP contribution in [-0.4, -0.2) is 43.1 Å². The Morgan fingerprint density at radius 2 is 1.95 bits per heavy atom. The molecule has 0 unspecified atom stereocenters. The molecule has 0 aliphatic carbocycles. The maximum absolute atomic E-state index is 12.1. The van der Waals surface area contributed by atoms with E-state index in [4.69, 9.17) is 4.74 Å². The number of nitrogens with zero attached hydrogens (tertiary/aromatic N) is 1. The van der Waals surface area contributed by atoms with Crippen LogP contribution in [0, 0.1) is 5.92 Å². The summed E-state index contributed by atoms with van der Waals surface area (Å²) in [5.41, 5.74) is 1.06. The second kappa shape index (κ2) is 6.97. The molecule has 0 aromatic carbocycles. The normalized spacial score (nSPS) is 19.7. The van der Waals surface area contributed by atoms with Gasteiger partial charge in [-0.25, -0.2) is 0 Å². The van der Waals surface area contributed by atoms with Crippen LogP contribution in [0.15, 0.2) is 11.4 Å². The van der Waals surface area contributed by atoms with Gasteiger partial charge in [0.1, 0.15) is 0 Å². The number of likely N-dealkylation sites (tertiary alicyclic amines) is 1. The van der Waals surface area contributed by atoms with Gasteiger partial charge in [0, 0.05) is 13.1 Å². The van der Waals surface area contributed by atoms with Crippen LogP contribution in [0.3, 0.4) is 0 Å². The van der Waals surface area contributed by atoms with Gasteiger partial charge in [0.25, 0.3) is 0 Å². The van der Waals surface area contributed by atoms with Crippen LogP contribution in [0.1, 0.15) is 34.0 Å². The molecule has 2 fully saturated rings. The fraction of sp³-hybridized carbons (Fsp3) is 0.571. The first-order valence-corrected chi connectivity index (χ1v) is 7.69. The molecule has 1 aromatic heterocycles. The Kier molecular flexibility index (Phi) is 5.50. The van der Waals surface area contributed by atoms with Crippen LogP contribution in [0.2, 0.25) is 0 Å². The SMILES string of the molecule is O=C([O-])c1cc(C2CCN(C(=O)C3COC3)CC2)cs1.[Li+]. The molecule has 0 radical (unpaired) electrons. The van der Waals surface area contributed by atoms with Gasteiger partial charge in [-0.2, -0.15) is 0 Å². The Morgan fingerprint density at radius 1 is 1.29 bits per heavy atom. The number of carbonyl (C=O) groups excluding carboxylic acids is 2. The summed E-state index contributed by atoms with van der Waals surface area (Å²) in [5, 5.41) is 12.7. The summed E-state index contributed by atoms with van der Waals surface area (Å²) >= 11 is 1.22. The van der Waals surface area contributed by atoms with E-state index in [0.717, 1.165) is 31.5 Å². The van der Waals surface area contributed by atoms with Gasteiger partial charge in [-0.3, -0.25) is 4.79 Å². The van der Waals surface area contributed by atoms with Gasteiger partial charge in [0.2, 0.25) is 5.91 Å². The molecule has 2 saturated heterocycles. The number of rotatable bonds is 3. The quantitative estimate of drug-likeness (QED) is 0.577. The molecule has 0 spiro atoms. The molecule has 7 heteroatoms. The van der Waals surface area contributed by atoms with Gasteiger partial charge in [0.05, 0.1) is 30.0 Å². The third-order valence-corrected chi connectivity index (χ3v) is 5.01. The molecular formula is C14H16LiNO4S. The van der Waals surface area contributed by atoms with E-state index in [-0.39, 0.29) is 35.6 Å². The molecule has 3 heterocycles. The Hall–Kier alpha value is -0.803. The van der Waals surface area contributed by atoms with Crippen LogP contribution in [0.25, 0.3) is 0 Å². The van der Waals surface area contributed by atoms with Gasteiger partial charge in [-0.1, -0.05) is 0 Å². The van der Waals surface area contributed by atoms with Crippen molar-refractivity contribution >= 4 is 23.2 Å². The largest absolute Gasteiger partial charge is 1.00 e. The predicted octanol–water partition coefficient (Wildman–Crippen LogP) is -2.53.